The fraction of sp³-hybridized carbons (Fsp3) is 0.105. The molecule has 0 radical (unpaired) electrons. The van der Waals surface area contributed by atoms with Crippen LogP contribution in [-0.4, -0.2) is 22.0 Å². The lowest BCUT2D eigenvalue weighted by Crippen LogP contribution is -2.33. The third-order valence-corrected chi connectivity index (χ3v) is 3.79. The van der Waals surface area contributed by atoms with Crippen LogP contribution < -0.4 is 10.9 Å². The van der Waals surface area contributed by atoms with Gasteiger partial charge in [-0.15, -0.1) is 6.58 Å². The molecule has 1 amide bonds. The van der Waals surface area contributed by atoms with E-state index in [-0.39, 0.29) is 18.7 Å². The summed E-state index contributed by atoms with van der Waals surface area (Å²) in [5.41, 5.74) is 0.214. The highest BCUT2D eigenvalue weighted by molar-refractivity contribution is 5.96. The van der Waals surface area contributed by atoms with Crippen LogP contribution in [0.15, 0.2) is 66.1 Å². The number of benzene rings is 1. The van der Waals surface area contributed by atoms with Crippen LogP contribution >= 0.6 is 0 Å². The van der Waals surface area contributed by atoms with Crippen LogP contribution in [0.2, 0.25) is 0 Å². The molecule has 0 bridgehead atoms. The van der Waals surface area contributed by atoms with E-state index in [0.717, 1.165) is 0 Å². The lowest BCUT2D eigenvalue weighted by atomic mass is 10.1. The highest BCUT2D eigenvalue weighted by atomic mass is 19.1. The minimum Gasteiger partial charge on any atom is -0.348 e. The number of rotatable bonds is 5. The van der Waals surface area contributed by atoms with E-state index in [2.05, 4.69) is 16.9 Å². The van der Waals surface area contributed by atoms with Gasteiger partial charge in [0.25, 0.3) is 11.5 Å². The summed E-state index contributed by atoms with van der Waals surface area (Å²) < 4.78 is 15.3. The number of halogens is 1. The van der Waals surface area contributed by atoms with Gasteiger partial charge in [-0.3, -0.25) is 14.2 Å². The average molecular weight is 337 g/mol. The van der Waals surface area contributed by atoms with E-state index in [4.69, 9.17) is 0 Å². The van der Waals surface area contributed by atoms with Gasteiger partial charge in [-0.05, 0) is 24.3 Å². The SMILES string of the molecule is C=CCNC(=O)c1cc2cccnc2n(Cc2ccccc2F)c1=O. The fourth-order valence-corrected chi connectivity index (χ4v) is 2.57. The van der Waals surface area contributed by atoms with Crippen molar-refractivity contribution in [3.63, 3.8) is 0 Å². The third-order valence-electron chi connectivity index (χ3n) is 3.79. The Balaban J connectivity index is 2.17. The first-order valence-corrected chi connectivity index (χ1v) is 7.73. The van der Waals surface area contributed by atoms with Gasteiger partial charge >= 0.3 is 0 Å². The molecule has 1 N–H and O–H groups in total. The summed E-state index contributed by atoms with van der Waals surface area (Å²) in [5.74, 6) is -0.919. The Morgan fingerprint density at radius 2 is 2.08 bits per heavy atom. The molecule has 5 nitrogen and oxygen atoms in total. The second kappa shape index (κ2) is 7.09. The Hall–Kier alpha value is -3.28. The molecule has 0 aliphatic carbocycles. The fourth-order valence-electron chi connectivity index (χ4n) is 2.57. The maximum atomic E-state index is 14.0. The summed E-state index contributed by atoms with van der Waals surface area (Å²) in [6.45, 7) is 3.77. The van der Waals surface area contributed by atoms with Gasteiger partial charge in [-0.1, -0.05) is 24.3 Å². The van der Waals surface area contributed by atoms with E-state index in [0.29, 0.717) is 16.6 Å². The summed E-state index contributed by atoms with van der Waals surface area (Å²) in [5, 5.41) is 3.22. The van der Waals surface area contributed by atoms with Gasteiger partial charge in [0, 0.05) is 23.7 Å². The molecule has 0 saturated carbocycles. The predicted molar refractivity (Wildman–Crippen MR) is 94.0 cm³/mol. The van der Waals surface area contributed by atoms with Crippen LogP contribution in [0, 0.1) is 5.82 Å². The second-order valence-corrected chi connectivity index (χ2v) is 5.46. The number of hydrogen-bond acceptors (Lipinski definition) is 3. The van der Waals surface area contributed by atoms with Gasteiger partial charge in [-0.25, -0.2) is 9.37 Å². The standard InChI is InChI=1S/C19H16FN3O2/c1-2-9-22-18(24)15-11-13-7-5-10-21-17(13)23(19(15)25)12-14-6-3-4-8-16(14)20/h2-8,10-11H,1,9,12H2,(H,22,24). The zero-order valence-corrected chi connectivity index (χ0v) is 13.4. The number of carbonyl (C=O) groups excluding carboxylic acids is 1. The van der Waals surface area contributed by atoms with Crippen LogP contribution in [0.4, 0.5) is 4.39 Å². The number of pyridine rings is 2. The Morgan fingerprint density at radius 1 is 1.28 bits per heavy atom. The molecule has 2 aromatic heterocycles. The largest absolute Gasteiger partial charge is 0.348 e. The van der Waals surface area contributed by atoms with E-state index in [1.165, 1.54) is 22.8 Å². The molecule has 6 heteroatoms. The lowest BCUT2D eigenvalue weighted by molar-refractivity contribution is 0.0956. The molecule has 1 aromatic carbocycles. The molecule has 3 aromatic rings. The summed E-state index contributed by atoms with van der Waals surface area (Å²) >= 11 is 0. The molecule has 0 saturated heterocycles. The van der Waals surface area contributed by atoms with Crippen LogP contribution in [-0.2, 0) is 6.54 Å². The van der Waals surface area contributed by atoms with Crippen molar-refractivity contribution in [3.05, 3.63) is 88.6 Å². The van der Waals surface area contributed by atoms with Crippen molar-refractivity contribution in [1.82, 2.24) is 14.9 Å². The Bertz CT molecular complexity index is 1010. The highest BCUT2D eigenvalue weighted by Crippen LogP contribution is 2.14. The van der Waals surface area contributed by atoms with Gasteiger partial charge in [0.15, 0.2) is 0 Å². The molecule has 2 heterocycles. The smallest absolute Gasteiger partial charge is 0.265 e. The topological polar surface area (TPSA) is 64.0 Å². The first-order valence-electron chi connectivity index (χ1n) is 7.73. The Kier molecular flexibility index (Phi) is 4.70. The molecule has 0 fully saturated rings. The van der Waals surface area contributed by atoms with Gasteiger partial charge in [-0.2, -0.15) is 0 Å². The predicted octanol–water partition coefficient (Wildman–Crippen LogP) is 2.50. The number of aromatic nitrogens is 2. The lowest BCUT2D eigenvalue weighted by Gasteiger charge is -2.12. The second-order valence-electron chi connectivity index (χ2n) is 5.46. The van der Waals surface area contributed by atoms with Crippen LogP contribution in [0.1, 0.15) is 15.9 Å². The molecular formula is C19H16FN3O2. The monoisotopic (exact) mass is 337 g/mol. The van der Waals surface area contributed by atoms with Crippen molar-refractivity contribution in [2.24, 2.45) is 0 Å². The van der Waals surface area contributed by atoms with E-state index in [9.17, 15) is 14.0 Å². The molecule has 0 spiro atoms. The summed E-state index contributed by atoms with van der Waals surface area (Å²) in [7, 11) is 0. The first kappa shape index (κ1) is 16.6. The van der Waals surface area contributed by atoms with Gasteiger partial charge < -0.3 is 5.32 Å². The minimum absolute atomic E-state index is 0.0123. The molecule has 0 atom stereocenters. The van der Waals surface area contributed by atoms with Crippen LogP contribution in [0.3, 0.4) is 0 Å². The molecule has 126 valence electrons. The third kappa shape index (κ3) is 3.33. The van der Waals surface area contributed by atoms with Crippen molar-refractivity contribution < 1.29 is 9.18 Å². The number of nitrogens with zero attached hydrogens (tertiary/aromatic N) is 2. The van der Waals surface area contributed by atoms with E-state index in [1.807, 2.05) is 0 Å². The van der Waals surface area contributed by atoms with Crippen molar-refractivity contribution >= 4 is 16.9 Å². The molecule has 0 aliphatic heterocycles. The maximum absolute atomic E-state index is 14.0. The van der Waals surface area contributed by atoms with Gasteiger partial charge in [0.1, 0.15) is 17.0 Å². The van der Waals surface area contributed by atoms with Crippen molar-refractivity contribution in [2.75, 3.05) is 6.54 Å². The average Bonchev–Trinajstić information content (AvgIpc) is 2.63. The number of nitrogens with one attached hydrogen (secondary N) is 1. The van der Waals surface area contributed by atoms with Gasteiger partial charge in [0.05, 0.1) is 6.54 Å². The zero-order valence-electron chi connectivity index (χ0n) is 13.4. The Morgan fingerprint density at radius 3 is 2.84 bits per heavy atom. The number of amides is 1. The highest BCUT2D eigenvalue weighted by Gasteiger charge is 2.16. The van der Waals surface area contributed by atoms with E-state index >= 15 is 0 Å². The zero-order chi connectivity index (χ0) is 17.8. The Labute approximate surface area is 143 Å². The van der Waals surface area contributed by atoms with Crippen molar-refractivity contribution in [3.8, 4) is 0 Å². The minimum atomic E-state index is -0.518. The van der Waals surface area contributed by atoms with E-state index < -0.39 is 17.3 Å². The normalized spacial score (nSPS) is 10.6. The van der Waals surface area contributed by atoms with E-state index in [1.54, 1.807) is 36.5 Å². The molecule has 0 unspecified atom stereocenters. The maximum Gasteiger partial charge on any atom is 0.265 e. The summed E-state index contributed by atoms with van der Waals surface area (Å²) in [6, 6.07) is 11.2. The van der Waals surface area contributed by atoms with Gasteiger partial charge in [0.2, 0.25) is 0 Å². The molecule has 0 aliphatic rings. The van der Waals surface area contributed by atoms with Crippen LogP contribution in [0.5, 0.6) is 0 Å². The van der Waals surface area contributed by atoms with Crippen molar-refractivity contribution in [2.45, 2.75) is 6.54 Å². The molecule has 25 heavy (non-hydrogen) atoms. The number of fused-ring (bicyclic) bond motifs is 1. The number of hydrogen-bond donors (Lipinski definition) is 1. The molecule has 3 rings (SSSR count). The first-order chi connectivity index (χ1) is 12.1. The summed E-state index contributed by atoms with van der Waals surface area (Å²) in [4.78, 5) is 29.3. The van der Waals surface area contributed by atoms with Crippen molar-refractivity contribution in [1.29, 1.82) is 0 Å². The summed E-state index contributed by atoms with van der Waals surface area (Å²) in [6.07, 6.45) is 3.08. The molecular weight excluding hydrogens is 321 g/mol. The quantitative estimate of drug-likeness (QED) is 0.728. The van der Waals surface area contributed by atoms with Crippen LogP contribution in [0.25, 0.3) is 11.0 Å². The number of carbonyl (C=O) groups is 1.